The van der Waals surface area contributed by atoms with Crippen LogP contribution in [0.25, 0.3) is 0 Å². The van der Waals surface area contributed by atoms with Crippen LogP contribution in [0.4, 0.5) is 0 Å². The molecular weight excluding hydrogens is 200 g/mol. The third-order valence-corrected chi connectivity index (χ3v) is 2.35. The fourth-order valence-electron chi connectivity index (χ4n) is 1.46. The molecule has 0 heterocycles. The van der Waals surface area contributed by atoms with Crippen LogP contribution in [0.5, 0.6) is 0 Å². The van der Waals surface area contributed by atoms with Crippen LogP contribution in [-0.2, 0) is 15.3 Å². The molecule has 0 saturated heterocycles. The van der Waals surface area contributed by atoms with Gasteiger partial charge >= 0.3 is 0 Å². The van der Waals surface area contributed by atoms with E-state index in [2.05, 4.69) is 19.1 Å². The summed E-state index contributed by atoms with van der Waals surface area (Å²) in [7, 11) is 1.66. The molecular formula is C14H24O2. The molecule has 0 saturated carbocycles. The number of hydrogen-bond acceptors (Lipinski definition) is 2. The van der Waals surface area contributed by atoms with E-state index < -0.39 is 5.79 Å². The van der Waals surface area contributed by atoms with Gasteiger partial charge in [-0.2, -0.15) is 0 Å². The molecule has 92 valence electrons. The minimum Gasteiger partial charge on any atom is -0.349 e. The molecule has 2 heteroatoms. The van der Waals surface area contributed by atoms with Crippen molar-refractivity contribution in [3.05, 3.63) is 35.4 Å². The smallest absolute Gasteiger partial charge is 0.191 e. The van der Waals surface area contributed by atoms with Gasteiger partial charge in [0.2, 0.25) is 0 Å². The second-order valence-electron chi connectivity index (χ2n) is 3.45. The zero-order valence-corrected chi connectivity index (χ0v) is 11.3. The van der Waals surface area contributed by atoms with Gasteiger partial charge in [-0.05, 0) is 20.8 Å². The zero-order chi connectivity index (χ0) is 12.6. The van der Waals surface area contributed by atoms with Crippen molar-refractivity contribution in [3.63, 3.8) is 0 Å². The molecule has 0 fully saturated rings. The lowest BCUT2D eigenvalue weighted by Crippen LogP contribution is -2.28. The number of ether oxygens (including phenoxy) is 2. The van der Waals surface area contributed by atoms with Crippen LogP contribution in [0.1, 0.15) is 38.8 Å². The van der Waals surface area contributed by atoms with Gasteiger partial charge in [0.05, 0.1) is 0 Å². The Morgan fingerprint density at radius 2 is 1.88 bits per heavy atom. The molecule has 0 aromatic heterocycles. The Morgan fingerprint density at radius 1 is 1.25 bits per heavy atom. The molecule has 2 nitrogen and oxygen atoms in total. The molecule has 0 aliphatic heterocycles. The topological polar surface area (TPSA) is 18.5 Å². The molecule has 0 aliphatic rings. The van der Waals surface area contributed by atoms with Gasteiger partial charge in [-0.25, -0.2) is 0 Å². The average molecular weight is 224 g/mol. The summed E-state index contributed by atoms with van der Waals surface area (Å²) in [5.74, 6) is -0.624. The van der Waals surface area contributed by atoms with Crippen molar-refractivity contribution < 1.29 is 9.47 Å². The summed E-state index contributed by atoms with van der Waals surface area (Å²) in [5, 5.41) is 0. The van der Waals surface area contributed by atoms with E-state index in [9.17, 15) is 0 Å². The maximum Gasteiger partial charge on any atom is 0.191 e. The highest BCUT2D eigenvalue weighted by Crippen LogP contribution is 2.26. The highest BCUT2D eigenvalue weighted by atomic mass is 16.7. The van der Waals surface area contributed by atoms with Crippen molar-refractivity contribution in [2.75, 3.05) is 13.7 Å². The Hall–Kier alpha value is -0.860. The van der Waals surface area contributed by atoms with Gasteiger partial charge in [-0.15, -0.1) is 0 Å². The van der Waals surface area contributed by atoms with Gasteiger partial charge in [0, 0.05) is 19.3 Å². The summed E-state index contributed by atoms with van der Waals surface area (Å²) >= 11 is 0. The lowest BCUT2D eigenvalue weighted by molar-refractivity contribution is -0.216. The fraction of sp³-hybridized carbons (Fsp3) is 0.571. The predicted octanol–water partition coefficient (Wildman–Crippen LogP) is 3.88. The van der Waals surface area contributed by atoms with E-state index in [1.165, 1.54) is 5.56 Å². The third-order valence-electron chi connectivity index (χ3n) is 2.35. The average Bonchev–Trinajstić information content (AvgIpc) is 2.32. The molecule has 0 N–H and O–H groups in total. The second-order valence-corrected chi connectivity index (χ2v) is 3.45. The maximum absolute atomic E-state index is 5.60. The Morgan fingerprint density at radius 3 is 2.31 bits per heavy atom. The first-order chi connectivity index (χ1) is 7.62. The molecule has 1 unspecified atom stereocenters. The van der Waals surface area contributed by atoms with Crippen molar-refractivity contribution >= 4 is 0 Å². The van der Waals surface area contributed by atoms with E-state index in [1.807, 2.05) is 39.8 Å². The summed E-state index contributed by atoms with van der Waals surface area (Å²) in [6.07, 6.45) is 0. The number of methoxy groups -OCH3 is 1. The molecule has 16 heavy (non-hydrogen) atoms. The number of benzene rings is 1. The van der Waals surface area contributed by atoms with E-state index in [-0.39, 0.29) is 0 Å². The van der Waals surface area contributed by atoms with Crippen LogP contribution >= 0.6 is 0 Å². The lowest BCUT2D eigenvalue weighted by Gasteiger charge is -2.28. The molecule has 0 spiro atoms. The number of aryl methyl sites for hydroxylation is 1. The minimum atomic E-state index is -0.624. The zero-order valence-electron chi connectivity index (χ0n) is 11.3. The van der Waals surface area contributed by atoms with Gasteiger partial charge in [0.1, 0.15) is 0 Å². The van der Waals surface area contributed by atoms with Gasteiger partial charge in [-0.1, -0.05) is 43.7 Å². The summed E-state index contributed by atoms with van der Waals surface area (Å²) in [4.78, 5) is 0. The van der Waals surface area contributed by atoms with Crippen molar-refractivity contribution in [3.8, 4) is 0 Å². The molecule has 1 aromatic carbocycles. The second kappa shape index (κ2) is 7.42. The minimum absolute atomic E-state index is 0.624. The first-order valence-corrected chi connectivity index (χ1v) is 5.88. The van der Waals surface area contributed by atoms with Gasteiger partial charge in [0.25, 0.3) is 0 Å². The first kappa shape index (κ1) is 15.1. The maximum atomic E-state index is 5.60. The Balaban J connectivity index is 0.00000106. The van der Waals surface area contributed by atoms with Crippen molar-refractivity contribution in [2.45, 2.75) is 40.4 Å². The Kier molecular flexibility index (Phi) is 7.02. The molecule has 0 aliphatic carbocycles. The third kappa shape index (κ3) is 3.95. The van der Waals surface area contributed by atoms with Crippen LogP contribution < -0.4 is 0 Å². The van der Waals surface area contributed by atoms with Crippen molar-refractivity contribution in [1.29, 1.82) is 0 Å². The summed E-state index contributed by atoms with van der Waals surface area (Å²) in [5.41, 5.74) is 2.27. The normalized spacial score (nSPS) is 13.6. The van der Waals surface area contributed by atoms with Crippen molar-refractivity contribution in [2.24, 2.45) is 0 Å². The summed E-state index contributed by atoms with van der Waals surface area (Å²) in [6, 6.07) is 8.18. The van der Waals surface area contributed by atoms with Crippen LogP contribution in [-0.4, -0.2) is 13.7 Å². The number of rotatable bonds is 4. The van der Waals surface area contributed by atoms with Gasteiger partial charge < -0.3 is 9.47 Å². The Bertz CT molecular complexity index is 297. The van der Waals surface area contributed by atoms with Gasteiger partial charge in [0.15, 0.2) is 5.79 Å². The standard InChI is InChI=1S/C12H18O2.C2H6/c1-5-14-12(3,13-4)11-8-6-7-10(2)9-11;1-2/h6-9H,5H2,1-4H3;1-2H3. The van der Waals surface area contributed by atoms with E-state index in [1.54, 1.807) is 7.11 Å². The monoisotopic (exact) mass is 224 g/mol. The van der Waals surface area contributed by atoms with E-state index in [0.29, 0.717) is 6.61 Å². The molecule has 0 bridgehead atoms. The highest BCUT2D eigenvalue weighted by Gasteiger charge is 2.26. The SMILES string of the molecule is CC.CCOC(C)(OC)c1cccc(C)c1. The lowest BCUT2D eigenvalue weighted by atomic mass is 10.0. The van der Waals surface area contributed by atoms with E-state index in [0.717, 1.165) is 5.56 Å². The van der Waals surface area contributed by atoms with Crippen LogP contribution in [0.15, 0.2) is 24.3 Å². The fourth-order valence-corrected chi connectivity index (χ4v) is 1.46. The summed E-state index contributed by atoms with van der Waals surface area (Å²) in [6.45, 7) is 10.6. The summed E-state index contributed by atoms with van der Waals surface area (Å²) < 4.78 is 11.0. The van der Waals surface area contributed by atoms with Gasteiger partial charge in [-0.3, -0.25) is 0 Å². The molecule has 0 amide bonds. The van der Waals surface area contributed by atoms with Crippen LogP contribution in [0.2, 0.25) is 0 Å². The number of hydrogen-bond donors (Lipinski definition) is 0. The molecule has 1 rings (SSSR count). The first-order valence-electron chi connectivity index (χ1n) is 5.88. The molecule has 1 atom stereocenters. The molecule has 1 aromatic rings. The highest BCUT2D eigenvalue weighted by molar-refractivity contribution is 5.25. The largest absolute Gasteiger partial charge is 0.349 e. The Labute approximate surface area is 99.6 Å². The van der Waals surface area contributed by atoms with Crippen molar-refractivity contribution in [1.82, 2.24) is 0 Å². The molecule has 0 radical (unpaired) electrons. The van der Waals surface area contributed by atoms with Crippen LogP contribution in [0, 0.1) is 6.92 Å². The van der Waals surface area contributed by atoms with E-state index in [4.69, 9.17) is 9.47 Å². The quantitative estimate of drug-likeness (QED) is 0.723. The predicted molar refractivity (Wildman–Crippen MR) is 68.5 cm³/mol. The van der Waals surface area contributed by atoms with Crippen LogP contribution in [0.3, 0.4) is 0 Å². The van der Waals surface area contributed by atoms with E-state index >= 15 is 0 Å².